The summed E-state index contributed by atoms with van der Waals surface area (Å²) in [5.74, 6) is -24.8. The molecule has 3 amide bonds. The minimum atomic E-state index is -6.36. The monoisotopic (exact) mass is 829 g/mol. The summed E-state index contributed by atoms with van der Waals surface area (Å²) in [6, 6.07) is 15.1. The number of halogens is 6. The Hall–Kier alpha value is -5.49. The van der Waals surface area contributed by atoms with Crippen LogP contribution >= 0.6 is 0 Å². The van der Waals surface area contributed by atoms with Gasteiger partial charge in [0, 0.05) is 29.6 Å². The van der Waals surface area contributed by atoms with Gasteiger partial charge in [-0.25, -0.2) is 9.78 Å². The van der Waals surface area contributed by atoms with Crippen molar-refractivity contribution in [2.75, 3.05) is 25.0 Å². The van der Waals surface area contributed by atoms with Crippen LogP contribution in [0.3, 0.4) is 0 Å². The lowest BCUT2D eigenvalue weighted by atomic mass is 9.81. The van der Waals surface area contributed by atoms with E-state index >= 15 is 0 Å². The quantitative estimate of drug-likeness (QED) is 0.0765. The largest absolute Gasteiger partial charge is 0.477 e. The highest BCUT2D eigenvalue weighted by Crippen LogP contribution is 2.50. The van der Waals surface area contributed by atoms with E-state index in [4.69, 9.17) is 10.8 Å². The van der Waals surface area contributed by atoms with Gasteiger partial charge in [0.15, 0.2) is 5.82 Å². The van der Waals surface area contributed by atoms with Crippen molar-refractivity contribution < 1.29 is 50.6 Å². The van der Waals surface area contributed by atoms with Crippen LogP contribution in [0.2, 0.25) is 0 Å². The number of aromatic nitrogens is 2. The molecule has 1 saturated heterocycles. The summed E-state index contributed by atoms with van der Waals surface area (Å²) in [6.45, 7) is 4.11. The number of hydrogen-bond donors (Lipinski definition) is 7. The number of carbonyl (C=O) groups is 4. The number of nitrogens with zero attached hydrogens (tertiary/aromatic N) is 1. The van der Waals surface area contributed by atoms with E-state index in [1.807, 2.05) is 36.2 Å². The van der Waals surface area contributed by atoms with E-state index in [0.717, 1.165) is 67.6 Å². The number of anilines is 1. The fourth-order valence-electron chi connectivity index (χ4n) is 7.52. The molecule has 18 heteroatoms. The number of carbonyl (C=O) groups excluding carboxylic acids is 3. The van der Waals surface area contributed by atoms with Gasteiger partial charge < -0.3 is 37.1 Å². The molecule has 316 valence electrons. The molecule has 0 radical (unpaired) electrons. The number of H-pyrrole nitrogens is 1. The van der Waals surface area contributed by atoms with Crippen LogP contribution in [0.5, 0.6) is 0 Å². The fraction of sp³-hybridized carbons (Fsp3) is 0.439. The first-order valence-electron chi connectivity index (χ1n) is 19.3. The topological polar surface area (TPSA) is 191 Å². The summed E-state index contributed by atoms with van der Waals surface area (Å²) in [5, 5.41) is 20.3. The summed E-state index contributed by atoms with van der Waals surface area (Å²) in [5.41, 5.74) is 8.89. The van der Waals surface area contributed by atoms with Crippen molar-refractivity contribution in [3.63, 3.8) is 0 Å². The molecule has 2 fully saturated rings. The molecule has 12 nitrogen and oxygen atoms in total. The lowest BCUT2D eigenvalue weighted by Crippen LogP contribution is -2.56. The van der Waals surface area contributed by atoms with Crippen molar-refractivity contribution >= 4 is 40.4 Å². The number of alkyl halides is 6. The van der Waals surface area contributed by atoms with Crippen LogP contribution < -0.4 is 27.0 Å². The van der Waals surface area contributed by atoms with Gasteiger partial charge in [0.2, 0.25) is 11.8 Å². The number of aliphatic carboxylic acids is 1. The van der Waals surface area contributed by atoms with Gasteiger partial charge in [0.25, 0.3) is 5.91 Å². The van der Waals surface area contributed by atoms with Gasteiger partial charge in [-0.15, -0.1) is 0 Å². The third-order valence-electron chi connectivity index (χ3n) is 11.2. The van der Waals surface area contributed by atoms with E-state index < -0.39 is 41.5 Å². The molecule has 3 aromatic carbocycles. The van der Waals surface area contributed by atoms with Crippen LogP contribution in [-0.2, 0) is 26.7 Å². The standard InChI is InChI=1S/C41H45F6N7O5/c1-22-18-27(35(56)50-28-14-16-49-17-15-28)10-12-30(22)25-6-2-23(3-7-25)19-33(52-34(55)26-8-4-24(21-48)5-9-26)36(57)51-29-11-13-31-32(20-29)54-37(53-31)39(42,43)41(46,47)40(44,45)38(58)59/h2-3,6-7,10-13,18,20,24,26,28,33,49H,4-5,8-9,14-17,19,21,48H2,1H3,(H,50,56)(H,51,57)(H,52,55)(H,53,54)(H,58,59). The van der Waals surface area contributed by atoms with Crippen LogP contribution in [0.4, 0.5) is 32.0 Å². The molecular weight excluding hydrogens is 784 g/mol. The number of piperidine rings is 1. The number of imidazole rings is 1. The number of carboxylic acids is 1. The molecule has 1 unspecified atom stereocenters. The number of rotatable bonds is 14. The highest BCUT2D eigenvalue weighted by atomic mass is 19.3. The highest BCUT2D eigenvalue weighted by Gasteiger charge is 2.77. The molecule has 0 bridgehead atoms. The number of aromatic amines is 1. The minimum Gasteiger partial charge on any atom is -0.477 e. The molecule has 1 aliphatic carbocycles. The van der Waals surface area contributed by atoms with Gasteiger partial charge in [0.1, 0.15) is 6.04 Å². The second-order valence-electron chi connectivity index (χ2n) is 15.3. The second kappa shape index (κ2) is 17.4. The number of nitrogens with one attached hydrogen (secondary N) is 5. The number of benzene rings is 3. The Bertz CT molecular complexity index is 2180. The molecular formula is C41H45F6N7O5. The molecule has 6 rings (SSSR count). The average molecular weight is 830 g/mol. The first kappa shape index (κ1) is 43.1. The molecule has 2 aliphatic rings. The molecule has 2 heterocycles. The van der Waals surface area contributed by atoms with Crippen LogP contribution in [-0.4, -0.2) is 82.3 Å². The van der Waals surface area contributed by atoms with E-state index in [1.165, 1.54) is 6.07 Å². The number of nitrogens with two attached hydrogens (primary N) is 1. The van der Waals surface area contributed by atoms with Gasteiger partial charge in [0.05, 0.1) is 11.0 Å². The van der Waals surface area contributed by atoms with Crippen LogP contribution in [0, 0.1) is 18.8 Å². The maximum atomic E-state index is 14.7. The Labute approximate surface area is 335 Å². The van der Waals surface area contributed by atoms with Crippen molar-refractivity contribution in [1.82, 2.24) is 25.9 Å². The van der Waals surface area contributed by atoms with E-state index in [1.54, 1.807) is 18.2 Å². The number of carboxylic acid groups (broad SMARTS) is 1. The van der Waals surface area contributed by atoms with E-state index in [9.17, 15) is 45.5 Å². The van der Waals surface area contributed by atoms with Crippen LogP contribution in [0.1, 0.15) is 65.8 Å². The zero-order valence-electron chi connectivity index (χ0n) is 32.0. The Morgan fingerprint density at radius 1 is 0.898 bits per heavy atom. The van der Waals surface area contributed by atoms with Gasteiger partial charge in [-0.3, -0.25) is 14.4 Å². The number of amides is 3. The molecule has 1 atom stereocenters. The Morgan fingerprint density at radius 3 is 2.20 bits per heavy atom. The zero-order chi connectivity index (χ0) is 42.7. The maximum Gasteiger partial charge on any atom is 0.411 e. The maximum absolute atomic E-state index is 14.7. The molecule has 0 spiro atoms. The zero-order valence-corrected chi connectivity index (χ0v) is 32.0. The summed E-state index contributed by atoms with van der Waals surface area (Å²) in [6.07, 6.45) is 4.41. The lowest BCUT2D eigenvalue weighted by Gasteiger charge is -2.28. The normalized spacial score (nSPS) is 18.6. The SMILES string of the molecule is Cc1cc(C(=O)NC2CCNCC2)ccc1-c1ccc(CC(NC(=O)C2CCC(CN)CC2)C(=O)Nc2ccc3nc(C(F)(F)C(F)(F)C(F)(F)C(=O)O)[nH]c3c2)cc1. The first-order valence-corrected chi connectivity index (χ1v) is 19.3. The Morgan fingerprint density at radius 2 is 1.58 bits per heavy atom. The fourth-order valence-corrected chi connectivity index (χ4v) is 7.52. The highest BCUT2D eigenvalue weighted by molar-refractivity contribution is 5.99. The van der Waals surface area contributed by atoms with Gasteiger partial charge in [-0.2, -0.15) is 26.3 Å². The van der Waals surface area contributed by atoms with Crippen LogP contribution in [0.15, 0.2) is 60.7 Å². The van der Waals surface area contributed by atoms with Crippen molar-refractivity contribution in [3.05, 3.63) is 83.2 Å². The smallest absolute Gasteiger partial charge is 0.411 e. The van der Waals surface area contributed by atoms with Crippen molar-refractivity contribution in [1.29, 1.82) is 0 Å². The lowest BCUT2D eigenvalue weighted by molar-refractivity contribution is -0.310. The first-order chi connectivity index (χ1) is 27.9. The van der Waals surface area contributed by atoms with E-state index in [2.05, 4.69) is 26.3 Å². The summed E-state index contributed by atoms with van der Waals surface area (Å²) >= 11 is 0. The summed E-state index contributed by atoms with van der Waals surface area (Å²) in [4.78, 5) is 56.1. The van der Waals surface area contributed by atoms with Crippen molar-refractivity contribution in [2.45, 2.75) is 81.7 Å². The third-order valence-corrected chi connectivity index (χ3v) is 11.2. The predicted molar refractivity (Wildman–Crippen MR) is 206 cm³/mol. The van der Waals surface area contributed by atoms with Crippen LogP contribution in [0.25, 0.3) is 22.2 Å². The summed E-state index contributed by atoms with van der Waals surface area (Å²) < 4.78 is 85.2. The third kappa shape index (κ3) is 9.22. The van der Waals surface area contributed by atoms with Gasteiger partial charge in [-0.05, 0) is 124 Å². The molecule has 1 aliphatic heterocycles. The average Bonchev–Trinajstić information content (AvgIpc) is 3.65. The molecule has 4 aromatic rings. The summed E-state index contributed by atoms with van der Waals surface area (Å²) in [7, 11) is 0. The number of aryl methyl sites for hydroxylation is 1. The van der Waals surface area contributed by atoms with E-state index in [0.29, 0.717) is 36.4 Å². The Kier molecular flexibility index (Phi) is 12.7. The van der Waals surface area contributed by atoms with Crippen molar-refractivity contribution in [3.8, 4) is 11.1 Å². The van der Waals surface area contributed by atoms with E-state index in [-0.39, 0.29) is 46.9 Å². The van der Waals surface area contributed by atoms with Gasteiger partial charge >= 0.3 is 23.7 Å². The number of fused-ring (bicyclic) bond motifs is 1. The predicted octanol–water partition coefficient (Wildman–Crippen LogP) is 5.90. The minimum absolute atomic E-state index is 0.0281. The van der Waals surface area contributed by atoms with Gasteiger partial charge in [-0.1, -0.05) is 30.3 Å². The molecule has 1 saturated carbocycles. The second-order valence-corrected chi connectivity index (χ2v) is 15.3. The molecule has 59 heavy (non-hydrogen) atoms. The van der Waals surface area contributed by atoms with Crippen molar-refractivity contribution in [2.24, 2.45) is 17.6 Å². The Balaban J connectivity index is 1.19. The molecule has 8 N–H and O–H groups in total. The number of hydrogen-bond acceptors (Lipinski definition) is 7. The molecule has 1 aromatic heterocycles.